The Morgan fingerprint density at radius 1 is 1.57 bits per heavy atom. The molecule has 0 bridgehead atoms. The minimum Gasteiger partial charge on any atom is -0.462 e. The van der Waals surface area contributed by atoms with Crippen molar-refractivity contribution in [2.24, 2.45) is 0 Å². The zero-order valence-electron chi connectivity index (χ0n) is 11.2. The molecule has 2 rings (SSSR count). The minimum absolute atomic E-state index is 0.124. The van der Waals surface area contributed by atoms with E-state index in [1.54, 1.807) is 13.0 Å². The number of hydrogen-bond acceptors (Lipinski definition) is 6. The first-order valence-corrected chi connectivity index (χ1v) is 7.69. The molecule has 0 saturated heterocycles. The summed E-state index contributed by atoms with van der Waals surface area (Å²) in [7, 11) is 0. The van der Waals surface area contributed by atoms with Gasteiger partial charge in [-0.25, -0.2) is 9.18 Å². The highest BCUT2D eigenvalue weighted by atomic mass is 79.9. The molecule has 0 saturated carbocycles. The minimum atomic E-state index is -0.524. The number of carbonyl (C=O) groups is 1. The van der Waals surface area contributed by atoms with E-state index in [-0.39, 0.29) is 23.8 Å². The van der Waals surface area contributed by atoms with Crippen molar-refractivity contribution in [1.82, 2.24) is 4.37 Å². The molecule has 0 atom stereocenters. The van der Waals surface area contributed by atoms with Crippen LogP contribution in [-0.4, -0.2) is 16.9 Å². The van der Waals surface area contributed by atoms with E-state index >= 15 is 0 Å². The van der Waals surface area contributed by atoms with Crippen LogP contribution in [0.2, 0.25) is 0 Å². The lowest BCUT2D eigenvalue weighted by Gasteiger charge is -2.08. The summed E-state index contributed by atoms with van der Waals surface area (Å²) in [5, 5.41) is 3.54. The van der Waals surface area contributed by atoms with Crippen molar-refractivity contribution >= 4 is 44.3 Å². The highest BCUT2D eigenvalue weighted by molar-refractivity contribution is 9.10. The SMILES string of the molecule is CCOC(=O)c1c(N)nsc1NCc1cc(F)ccc1Br. The zero-order valence-corrected chi connectivity index (χ0v) is 13.6. The third-order valence-corrected chi connectivity index (χ3v) is 4.24. The Kier molecular flexibility index (Phi) is 5.13. The molecule has 2 aromatic rings. The second kappa shape index (κ2) is 6.86. The van der Waals surface area contributed by atoms with Crippen molar-refractivity contribution in [1.29, 1.82) is 0 Å². The average Bonchev–Trinajstić information content (AvgIpc) is 2.81. The monoisotopic (exact) mass is 373 g/mol. The van der Waals surface area contributed by atoms with E-state index in [4.69, 9.17) is 10.5 Å². The Bertz CT molecular complexity index is 663. The van der Waals surface area contributed by atoms with E-state index in [1.807, 2.05) is 0 Å². The Labute approximate surface area is 133 Å². The number of nitrogens with two attached hydrogens (primary N) is 1. The van der Waals surface area contributed by atoms with Crippen molar-refractivity contribution in [2.45, 2.75) is 13.5 Å². The first-order valence-electron chi connectivity index (χ1n) is 6.13. The van der Waals surface area contributed by atoms with Crippen LogP contribution in [0.15, 0.2) is 22.7 Å². The Morgan fingerprint density at radius 2 is 2.33 bits per heavy atom. The molecule has 0 amide bonds. The number of hydrogen-bond donors (Lipinski definition) is 2. The third-order valence-electron chi connectivity index (χ3n) is 2.65. The number of carbonyl (C=O) groups excluding carboxylic acids is 1. The molecule has 8 heteroatoms. The van der Waals surface area contributed by atoms with E-state index in [9.17, 15) is 9.18 Å². The summed E-state index contributed by atoms with van der Waals surface area (Å²) in [5.41, 5.74) is 6.62. The molecule has 0 aliphatic rings. The molecule has 0 spiro atoms. The van der Waals surface area contributed by atoms with Crippen LogP contribution in [0.5, 0.6) is 0 Å². The van der Waals surface area contributed by atoms with E-state index in [0.29, 0.717) is 11.5 Å². The van der Waals surface area contributed by atoms with E-state index < -0.39 is 5.97 Å². The topological polar surface area (TPSA) is 77.2 Å². The van der Waals surface area contributed by atoms with Gasteiger partial charge in [0.1, 0.15) is 16.4 Å². The molecule has 0 aliphatic heterocycles. The molecule has 112 valence electrons. The standard InChI is InChI=1S/C13H13BrFN3O2S/c1-2-20-13(19)10-11(16)18-21-12(10)17-6-7-5-8(15)3-4-9(7)14/h3-5,17H,2,6H2,1H3,(H2,16,18). The number of esters is 1. The highest BCUT2D eigenvalue weighted by Gasteiger charge is 2.20. The summed E-state index contributed by atoms with van der Waals surface area (Å²) < 4.78 is 22.9. The number of ether oxygens (including phenoxy) is 1. The van der Waals surface area contributed by atoms with Crippen molar-refractivity contribution < 1.29 is 13.9 Å². The van der Waals surface area contributed by atoms with Crippen LogP contribution in [0.25, 0.3) is 0 Å². The number of nitrogens with one attached hydrogen (secondary N) is 1. The molecule has 1 heterocycles. The molecular formula is C13H13BrFN3O2S. The quantitative estimate of drug-likeness (QED) is 0.785. The number of nitrogens with zero attached hydrogens (tertiary/aromatic N) is 1. The summed E-state index contributed by atoms with van der Waals surface area (Å²) in [4.78, 5) is 11.8. The first-order chi connectivity index (χ1) is 10.0. The number of nitrogen functional groups attached to an aromatic ring is 1. The summed E-state index contributed by atoms with van der Waals surface area (Å²) in [6, 6.07) is 4.40. The van der Waals surface area contributed by atoms with Gasteiger partial charge in [0.05, 0.1) is 6.61 Å². The van der Waals surface area contributed by atoms with Crippen LogP contribution >= 0.6 is 27.5 Å². The number of anilines is 2. The molecule has 21 heavy (non-hydrogen) atoms. The maximum Gasteiger partial charge on any atom is 0.344 e. The molecule has 0 radical (unpaired) electrons. The van der Waals surface area contributed by atoms with Gasteiger partial charge < -0.3 is 15.8 Å². The fourth-order valence-corrected chi connectivity index (χ4v) is 2.76. The van der Waals surface area contributed by atoms with Crippen LogP contribution in [0.1, 0.15) is 22.8 Å². The fraction of sp³-hybridized carbons (Fsp3) is 0.231. The van der Waals surface area contributed by atoms with Crippen LogP contribution in [-0.2, 0) is 11.3 Å². The van der Waals surface area contributed by atoms with Gasteiger partial charge in [-0.3, -0.25) is 0 Å². The fourth-order valence-electron chi connectivity index (χ4n) is 1.68. The second-order valence-electron chi connectivity index (χ2n) is 4.08. The zero-order chi connectivity index (χ0) is 15.4. The summed E-state index contributed by atoms with van der Waals surface area (Å²) in [5.74, 6) is -0.728. The summed E-state index contributed by atoms with van der Waals surface area (Å²) >= 11 is 4.41. The normalized spacial score (nSPS) is 10.4. The Balaban J connectivity index is 2.17. The molecule has 1 aromatic heterocycles. The van der Waals surface area contributed by atoms with Gasteiger partial charge in [0, 0.05) is 11.0 Å². The van der Waals surface area contributed by atoms with Gasteiger partial charge in [-0.05, 0) is 42.2 Å². The highest BCUT2D eigenvalue weighted by Crippen LogP contribution is 2.29. The van der Waals surface area contributed by atoms with Gasteiger partial charge in [-0.2, -0.15) is 4.37 Å². The van der Waals surface area contributed by atoms with Gasteiger partial charge in [0.25, 0.3) is 0 Å². The van der Waals surface area contributed by atoms with Crippen LogP contribution in [0.4, 0.5) is 15.2 Å². The summed E-state index contributed by atoms with van der Waals surface area (Å²) in [6.45, 7) is 2.29. The molecule has 3 N–H and O–H groups in total. The number of aromatic nitrogens is 1. The van der Waals surface area contributed by atoms with E-state index in [1.165, 1.54) is 12.1 Å². The van der Waals surface area contributed by atoms with E-state index in [0.717, 1.165) is 21.6 Å². The molecule has 1 aromatic carbocycles. The molecule has 0 unspecified atom stereocenters. The van der Waals surface area contributed by atoms with Gasteiger partial charge in [-0.1, -0.05) is 15.9 Å². The molecule has 0 aliphatic carbocycles. The molecule has 0 fully saturated rings. The van der Waals surface area contributed by atoms with Crippen molar-refractivity contribution in [3.8, 4) is 0 Å². The van der Waals surface area contributed by atoms with Crippen molar-refractivity contribution in [3.05, 3.63) is 39.6 Å². The maximum atomic E-state index is 13.2. The predicted octanol–water partition coefficient (Wildman–Crippen LogP) is 3.42. The average molecular weight is 374 g/mol. The van der Waals surface area contributed by atoms with E-state index in [2.05, 4.69) is 25.6 Å². The van der Waals surface area contributed by atoms with Crippen molar-refractivity contribution in [3.63, 3.8) is 0 Å². The van der Waals surface area contributed by atoms with Crippen LogP contribution < -0.4 is 11.1 Å². The van der Waals surface area contributed by atoms with Gasteiger partial charge in [0.2, 0.25) is 0 Å². The smallest absolute Gasteiger partial charge is 0.344 e. The maximum absolute atomic E-state index is 13.2. The lowest BCUT2D eigenvalue weighted by molar-refractivity contribution is 0.0529. The lowest BCUT2D eigenvalue weighted by atomic mass is 10.2. The third kappa shape index (κ3) is 3.70. The van der Waals surface area contributed by atoms with Crippen LogP contribution in [0, 0.1) is 5.82 Å². The Morgan fingerprint density at radius 3 is 3.05 bits per heavy atom. The first kappa shape index (κ1) is 15.7. The largest absolute Gasteiger partial charge is 0.462 e. The molecule has 5 nitrogen and oxygen atoms in total. The Hall–Kier alpha value is -1.67. The van der Waals surface area contributed by atoms with Gasteiger partial charge in [-0.15, -0.1) is 0 Å². The summed E-state index contributed by atoms with van der Waals surface area (Å²) in [6.07, 6.45) is 0. The number of halogens is 2. The van der Waals surface area contributed by atoms with Crippen molar-refractivity contribution in [2.75, 3.05) is 17.7 Å². The lowest BCUT2D eigenvalue weighted by Crippen LogP contribution is -2.10. The predicted molar refractivity (Wildman–Crippen MR) is 83.9 cm³/mol. The van der Waals surface area contributed by atoms with Crippen LogP contribution in [0.3, 0.4) is 0 Å². The number of rotatable bonds is 5. The van der Waals surface area contributed by atoms with Gasteiger partial charge >= 0.3 is 5.97 Å². The van der Waals surface area contributed by atoms with Gasteiger partial charge in [0.15, 0.2) is 5.82 Å². The molecular weight excluding hydrogens is 361 g/mol. The second-order valence-corrected chi connectivity index (χ2v) is 5.71. The number of benzene rings is 1.